The Morgan fingerprint density at radius 2 is 1.82 bits per heavy atom. The molecule has 1 aromatic heterocycles. The van der Waals surface area contributed by atoms with E-state index in [-0.39, 0.29) is 11.7 Å². The fourth-order valence-electron chi connectivity index (χ4n) is 4.45. The maximum atomic E-state index is 13.4. The number of aromatic nitrogens is 2. The van der Waals surface area contributed by atoms with Gasteiger partial charge in [-0.1, -0.05) is 41.8 Å². The van der Waals surface area contributed by atoms with E-state index >= 15 is 0 Å². The summed E-state index contributed by atoms with van der Waals surface area (Å²) in [6.07, 6.45) is 5.25. The van der Waals surface area contributed by atoms with Crippen molar-refractivity contribution in [3.05, 3.63) is 80.8 Å². The smallest absolute Gasteiger partial charge is 0.286 e. The topological polar surface area (TPSA) is 62.2 Å². The molecule has 0 saturated carbocycles. The fourth-order valence-corrected chi connectivity index (χ4v) is 4.93. The lowest BCUT2D eigenvalue weighted by molar-refractivity contribution is 0.0743. The summed E-state index contributed by atoms with van der Waals surface area (Å²) in [5, 5.41) is 11.0. The van der Waals surface area contributed by atoms with E-state index in [1.165, 1.54) is 18.6 Å². The predicted molar refractivity (Wildman–Crippen MR) is 132 cm³/mol. The van der Waals surface area contributed by atoms with Crippen molar-refractivity contribution in [2.45, 2.75) is 25.8 Å². The van der Waals surface area contributed by atoms with Crippen LogP contribution in [0.3, 0.4) is 0 Å². The highest BCUT2D eigenvalue weighted by molar-refractivity contribution is 6.35. The summed E-state index contributed by atoms with van der Waals surface area (Å²) in [6, 6.07) is 11.5. The van der Waals surface area contributed by atoms with Gasteiger partial charge in [0.2, 0.25) is 0 Å². The number of rotatable bonds is 4. The zero-order valence-electron chi connectivity index (χ0n) is 18.5. The molecule has 34 heavy (non-hydrogen) atoms. The lowest BCUT2D eigenvalue weighted by Crippen LogP contribution is -2.45. The number of benzene rings is 2. The van der Waals surface area contributed by atoms with Crippen LogP contribution < -0.4 is 10.7 Å². The Hall–Kier alpha value is -2.71. The van der Waals surface area contributed by atoms with Gasteiger partial charge < -0.3 is 5.32 Å². The summed E-state index contributed by atoms with van der Waals surface area (Å²) in [5.41, 5.74) is 7.36. The number of carbonyl (C=O) groups excluding carboxylic acids is 1. The van der Waals surface area contributed by atoms with Crippen LogP contribution in [-0.2, 0) is 6.54 Å². The first-order valence-corrected chi connectivity index (χ1v) is 12.1. The molecule has 2 aromatic carbocycles. The van der Waals surface area contributed by atoms with Gasteiger partial charge in [0.15, 0.2) is 5.69 Å². The molecular formula is C25H24Cl2FN5O. The molecule has 2 aliphatic heterocycles. The van der Waals surface area contributed by atoms with Gasteiger partial charge in [-0.15, -0.1) is 0 Å². The van der Waals surface area contributed by atoms with Crippen LogP contribution in [0.15, 0.2) is 42.5 Å². The van der Waals surface area contributed by atoms with Crippen molar-refractivity contribution in [3.8, 4) is 5.69 Å². The average molecular weight is 500 g/mol. The minimum atomic E-state index is -0.292. The monoisotopic (exact) mass is 499 g/mol. The molecule has 3 heterocycles. The quantitative estimate of drug-likeness (QED) is 0.524. The van der Waals surface area contributed by atoms with Crippen LogP contribution in [0.4, 0.5) is 4.39 Å². The number of halogens is 3. The normalized spacial score (nSPS) is 17.6. The van der Waals surface area contributed by atoms with Gasteiger partial charge in [-0.2, -0.15) is 5.10 Å². The van der Waals surface area contributed by atoms with Gasteiger partial charge in [0, 0.05) is 36.8 Å². The second-order valence-corrected chi connectivity index (χ2v) is 9.34. The van der Waals surface area contributed by atoms with Crippen LogP contribution in [0.1, 0.15) is 46.6 Å². The Labute approximate surface area is 207 Å². The first kappa shape index (κ1) is 23.1. The molecule has 0 aliphatic carbocycles. The predicted octanol–water partition coefficient (Wildman–Crippen LogP) is 5.09. The maximum absolute atomic E-state index is 13.4. The molecule has 3 aromatic rings. The molecule has 0 unspecified atom stereocenters. The Balaban J connectivity index is 1.61. The molecule has 1 saturated heterocycles. The lowest BCUT2D eigenvalue weighted by atomic mass is 9.99. The molecular weight excluding hydrogens is 476 g/mol. The molecule has 176 valence electrons. The van der Waals surface area contributed by atoms with Crippen LogP contribution in [-0.4, -0.2) is 40.3 Å². The second kappa shape index (κ2) is 9.88. The molecule has 2 aliphatic rings. The van der Waals surface area contributed by atoms with Gasteiger partial charge in [-0.3, -0.25) is 10.2 Å². The van der Waals surface area contributed by atoms with Gasteiger partial charge in [-0.05, 0) is 60.4 Å². The Kier molecular flexibility index (Phi) is 6.70. The van der Waals surface area contributed by atoms with E-state index in [1.54, 1.807) is 35.0 Å². The average Bonchev–Trinajstić information content (AvgIpc) is 3.22. The first-order chi connectivity index (χ1) is 16.5. The summed E-state index contributed by atoms with van der Waals surface area (Å²) in [4.78, 5) is 13.3. The molecule has 0 atom stereocenters. The van der Waals surface area contributed by atoms with E-state index in [0.717, 1.165) is 48.3 Å². The molecule has 9 heteroatoms. The number of fused-ring (bicyclic) bond motifs is 1. The molecule has 0 radical (unpaired) electrons. The highest BCUT2D eigenvalue weighted by Crippen LogP contribution is 2.33. The molecule has 1 fully saturated rings. The van der Waals surface area contributed by atoms with Crippen molar-refractivity contribution < 1.29 is 9.18 Å². The number of hydrazine groups is 1. The van der Waals surface area contributed by atoms with Crippen LogP contribution in [0.25, 0.3) is 17.3 Å². The van der Waals surface area contributed by atoms with Crippen molar-refractivity contribution in [2.75, 3.05) is 19.6 Å². The molecule has 0 spiro atoms. The van der Waals surface area contributed by atoms with E-state index in [0.29, 0.717) is 34.5 Å². The molecule has 6 nitrogen and oxygen atoms in total. The van der Waals surface area contributed by atoms with Gasteiger partial charge in [0.05, 0.1) is 16.4 Å². The fraction of sp³-hybridized carbons (Fsp3) is 0.280. The standard InChI is InChI=1S/C25H24Cl2FN5O/c26-18-6-9-22(21(27)13-18)33-24-17(12-16-4-7-19(28)8-5-16)14-29-15-20(24)23(30-33)25(34)31-32-10-2-1-3-11-32/h4-9,12-13,29H,1-3,10-11,14-15H2,(H,31,34)/b17-12+. The van der Waals surface area contributed by atoms with E-state index in [4.69, 9.17) is 28.3 Å². The maximum Gasteiger partial charge on any atom is 0.286 e. The number of hydrogen-bond acceptors (Lipinski definition) is 4. The van der Waals surface area contributed by atoms with Crippen molar-refractivity contribution in [2.24, 2.45) is 0 Å². The minimum Gasteiger partial charge on any atom is -0.308 e. The first-order valence-electron chi connectivity index (χ1n) is 11.3. The van der Waals surface area contributed by atoms with Crippen molar-refractivity contribution in [1.29, 1.82) is 0 Å². The van der Waals surface area contributed by atoms with E-state index in [2.05, 4.69) is 10.7 Å². The number of hydrogen-bond donors (Lipinski definition) is 2. The largest absolute Gasteiger partial charge is 0.308 e. The van der Waals surface area contributed by atoms with Crippen LogP contribution >= 0.6 is 23.2 Å². The molecule has 5 rings (SSSR count). The highest BCUT2D eigenvalue weighted by Gasteiger charge is 2.30. The second-order valence-electron chi connectivity index (χ2n) is 8.50. The number of nitrogens with one attached hydrogen (secondary N) is 2. The Morgan fingerprint density at radius 1 is 1.06 bits per heavy atom. The Morgan fingerprint density at radius 3 is 2.56 bits per heavy atom. The summed E-state index contributed by atoms with van der Waals surface area (Å²) in [5.74, 6) is -0.536. The van der Waals surface area contributed by atoms with E-state index in [1.807, 2.05) is 11.1 Å². The number of nitrogens with zero attached hydrogens (tertiary/aromatic N) is 3. The SMILES string of the molecule is O=C(NN1CCCCC1)c1nn(-c2ccc(Cl)cc2Cl)c2c1CNC/C2=C\c1ccc(F)cc1. The van der Waals surface area contributed by atoms with E-state index < -0.39 is 0 Å². The van der Waals surface area contributed by atoms with Crippen LogP contribution in [0, 0.1) is 5.82 Å². The highest BCUT2D eigenvalue weighted by atomic mass is 35.5. The van der Waals surface area contributed by atoms with Crippen LogP contribution in [0.5, 0.6) is 0 Å². The third-order valence-corrected chi connectivity index (χ3v) is 6.62. The van der Waals surface area contributed by atoms with Crippen molar-refractivity contribution >= 4 is 40.8 Å². The van der Waals surface area contributed by atoms with Crippen LogP contribution in [0.2, 0.25) is 10.0 Å². The number of piperidine rings is 1. The number of carbonyl (C=O) groups is 1. The van der Waals surface area contributed by atoms with Crippen molar-refractivity contribution in [1.82, 2.24) is 25.5 Å². The van der Waals surface area contributed by atoms with Gasteiger partial charge in [0.25, 0.3) is 5.91 Å². The zero-order valence-corrected chi connectivity index (χ0v) is 20.0. The summed E-state index contributed by atoms with van der Waals surface area (Å²) in [6.45, 7) is 2.70. The molecule has 2 N–H and O–H groups in total. The Bertz CT molecular complexity index is 1250. The van der Waals surface area contributed by atoms with E-state index in [9.17, 15) is 9.18 Å². The summed E-state index contributed by atoms with van der Waals surface area (Å²) < 4.78 is 15.1. The summed E-state index contributed by atoms with van der Waals surface area (Å²) >= 11 is 12.7. The lowest BCUT2D eigenvalue weighted by Gasteiger charge is -2.26. The number of amides is 1. The van der Waals surface area contributed by atoms with Crippen molar-refractivity contribution in [3.63, 3.8) is 0 Å². The zero-order chi connectivity index (χ0) is 23.7. The van der Waals surface area contributed by atoms with Gasteiger partial charge in [0.1, 0.15) is 5.82 Å². The van der Waals surface area contributed by atoms with Gasteiger partial charge in [-0.25, -0.2) is 14.1 Å². The molecule has 1 amide bonds. The third kappa shape index (κ3) is 4.74. The molecule has 0 bridgehead atoms. The minimum absolute atomic E-state index is 0.244. The third-order valence-electron chi connectivity index (χ3n) is 6.08. The van der Waals surface area contributed by atoms with Gasteiger partial charge >= 0.3 is 0 Å². The summed E-state index contributed by atoms with van der Waals surface area (Å²) in [7, 11) is 0.